The van der Waals surface area contributed by atoms with Gasteiger partial charge in [0.15, 0.2) is 0 Å². The third kappa shape index (κ3) is 2.25. The maximum atomic E-state index is 13.8. The first-order chi connectivity index (χ1) is 7.97. The standard InChI is InChI=1S/C12H15BrFNO2/c13-8-1-2-11(14)10(4-8)12(15)5-9(17)3-7(12)6-16/h1-2,4,7,9,16-17H,3,5-6,15H2/t7-,9?,12-/m0/s1. The van der Waals surface area contributed by atoms with Crippen LogP contribution in [-0.4, -0.2) is 22.9 Å². The third-order valence-electron chi connectivity index (χ3n) is 3.51. The predicted octanol–water partition coefficient (Wildman–Crippen LogP) is 1.51. The van der Waals surface area contributed by atoms with E-state index in [2.05, 4.69) is 15.9 Å². The SMILES string of the molecule is N[C@@]1(c2cc(Br)ccc2F)CC(O)C[C@H]1CO. The molecule has 0 bridgehead atoms. The van der Waals surface area contributed by atoms with Gasteiger partial charge in [0.05, 0.1) is 11.6 Å². The van der Waals surface area contributed by atoms with Gasteiger partial charge in [0.25, 0.3) is 0 Å². The molecule has 3 nitrogen and oxygen atoms in total. The number of benzene rings is 1. The van der Waals surface area contributed by atoms with Crippen LogP contribution < -0.4 is 5.73 Å². The Bertz CT molecular complexity index is 429. The van der Waals surface area contributed by atoms with Gasteiger partial charge in [-0.25, -0.2) is 4.39 Å². The van der Waals surface area contributed by atoms with E-state index in [4.69, 9.17) is 5.73 Å². The number of aliphatic hydroxyl groups excluding tert-OH is 2. The summed E-state index contributed by atoms with van der Waals surface area (Å²) in [4.78, 5) is 0. The Morgan fingerprint density at radius 2 is 2.24 bits per heavy atom. The van der Waals surface area contributed by atoms with Crippen molar-refractivity contribution in [2.24, 2.45) is 11.7 Å². The maximum absolute atomic E-state index is 13.8. The Labute approximate surface area is 108 Å². The average Bonchev–Trinajstić information content (AvgIpc) is 2.58. The summed E-state index contributed by atoms with van der Waals surface area (Å²) in [5, 5.41) is 19.0. The summed E-state index contributed by atoms with van der Waals surface area (Å²) < 4.78 is 14.6. The number of hydrogen-bond donors (Lipinski definition) is 3. The van der Waals surface area contributed by atoms with Gasteiger partial charge in [0.1, 0.15) is 5.82 Å². The van der Waals surface area contributed by atoms with E-state index < -0.39 is 17.5 Å². The molecule has 5 heteroatoms. The van der Waals surface area contributed by atoms with Crippen LogP contribution in [0.15, 0.2) is 22.7 Å². The van der Waals surface area contributed by atoms with E-state index in [-0.39, 0.29) is 18.9 Å². The zero-order valence-electron chi connectivity index (χ0n) is 9.24. The lowest BCUT2D eigenvalue weighted by atomic mass is 9.81. The molecule has 0 saturated heterocycles. The van der Waals surface area contributed by atoms with Crippen molar-refractivity contribution in [2.45, 2.75) is 24.5 Å². The molecule has 1 aliphatic rings. The molecule has 0 radical (unpaired) electrons. The summed E-state index contributed by atoms with van der Waals surface area (Å²) in [7, 11) is 0. The van der Waals surface area contributed by atoms with Gasteiger partial charge in [-0.15, -0.1) is 0 Å². The van der Waals surface area contributed by atoms with Crippen LogP contribution in [0.4, 0.5) is 4.39 Å². The molecule has 94 valence electrons. The van der Waals surface area contributed by atoms with Gasteiger partial charge in [-0.3, -0.25) is 0 Å². The van der Waals surface area contributed by atoms with Crippen LogP contribution in [0, 0.1) is 11.7 Å². The minimum absolute atomic E-state index is 0.153. The van der Waals surface area contributed by atoms with Crippen LogP contribution in [0.25, 0.3) is 0 Å². The van der Waals surface area contributed by atoms with E-state index in [9.17, 15) is 14.6 Å². The lowest BCUT2D eigenvalue weighted by Crippen LogP contribution is -2.43. The van der Waals surface area contributed by atoms with Crippen molar-refractivity contribution in [2.75, 3.05) is 6.61 Å². The minimum Gasteiger partial charge on any atom is -0.396 e. The second-order valence-corrected chi connectivity index (χ2v) is 5.55. The van der Waals surface area contributed by atoms with Crippen molar-refractivity contribution in [1.29, 1.82) is 0 Å². The maximum Gasteiger partial charge on any atom is 0.128 e. The highest BCUT2D eigenvalue weighted by atomic mass is 79.9. The molecule has 0 heterocycles. The van der Waals surface area contributed by atoms with Gasteiger partial charge in [-0.05, 0) is 31.0 Å². The molecular weight excluding hydrogens is 289 g/mol. The first-order valence-electron chi connectivity index (χ1n) is 5.50. The fourth-order valence-electron chi connectivity index (χ4n) is 2.60. The van der Waals surface area contributed by atoms with Gasteiger partial charge in [0, 0.05) is 22.6 Å². The largest absolute Gasteiger partial charge is 0.396 e. The van der Waals surface area contributed by atoms with Crippen molar-refractivity contribution in [3.8, 4) is 0 Å². The molecule has 2 rings (SSSR count). The van der Waals surface area contributed by atoms with E-state index in [0.29, 0.717) is 12.0 Å². The molecule has 0 aromatic heterocycles. The van der Waals surface area contributed by atoms with Gasteiger partial charge in [-0.1, -0.05) is 15.9 Å². The Morgan fingerprint density at radius 3 is 2.88 bits per heavy atom. The molecule has 17 heavy (non-hydrogen) atoms. The summed E-state index contributed by atoms with van der Waals surface area (Å²) >= 11 is 3.28. The first-order valence-corrected chi connectivity index (χ1v) is 6.30. The second kappa shape index (κ2) is 4.65. The molecule has 0 amide bonds. The van der Waals surface area contributed by atoms with Gasteiger partial charge in [-0.2, -0.15) is 0 Å². The summed E-state index contributed by atoms with van der Waals surface area (Å²) in [5.74, 6) is -0.718. The molecule has 1 fully saturated rings. The van der Waals surface area contributed by atoms with Gasteiger partial charge in [0.2, 0.25) is 0 Å². The zero-order valence-corrected chi connectivity index (χ0v) is 10.8. The summed E-state index contributed by atoms with van der Waals surface area (Å²) in [5.41, 5.74) is 5.57. The van der Waals surface area contributed by atoms with Crippen LogP contribution in [0.3, 0.4) is 0 Å². The molecule has 1 saturated carbocycles. The molecule has 0 spiro atoms. The van der Waals surface area contributed by atoms with E-state index in [1.165, 1.54) is 6.07 Å². The molecule has 1 aromatic rings. The van der Waals surface area contributed by atoms with E-state index in [0.717, 1.165) is 4.47 Å². The van der Waals surface area contributed by atoms with E-state index in [1.807, 2.05) is 0 Å². The molecule has 1 unspecified atom stereocenters. The van der Waals surface area contributed by atoms with Crippen LogP contribution in [0.2, 0.25) is 0 Å². The quantitative estimate of drug-likeness (QED) is 0.776. The molecule has 1 aliphatic carbocycles. The van der Waals surface area contributed by atoms with E-state index in [1.54, 1.807) is 12.1 Å². The lowest BCUT2D eigenvalue weighted by molar-refractivity contribution is 0.160. The van der Waals surface area contributed by atoms with Crippen molar-refractivity contribution in [3.05, 3.63) is 34.1 Å². The van der Waals surface area contributed by atoms with Crippen LogP contribution in [-0.2, 0) is 5.54 Å². The van der Waals surface area contributed by atoms with Gasteiger partial charge < -0.3 is 15.9 Å². The minimum atomic E-state index is -0.998. The monoisotopic (exact) mass is 303 g/mol. The molecule has 4 N–H and O–H groups in total. The first kappa shape index (κ1) is 13.0. The van der Waals surface area contributed by atoms with Crippen LogP contribution in [0.1, 0.15) is 18.4 Å². The second-order valence-electron chi connectivity index (χ2n) is 4.64. The lowest BCUT2D eigenvalue weighted by Gasteiger charge is -2.31. The molecule has 0 aliphatic heterocycles. The molecule has 1 aromatic carbocycles. The summed E-state index contributed by atoms with van der Waals surface area (Å²) in [6.07, 6.45) is 0.0837. The molecule has 3 atom stereocenters. The number of aliphatic hydroxyl groups is 2. The topological polar surface area (TPSA) is 66.5 Å². The smallest absolute Gasteiger partial charge is 0.128 e. The fraction of sp³-hybridized carbons (Fsp3) is 0.500. The predicted molar refractivity (Wildman–Crippen MR) is 65.8 cm³/mol. The Hall–Kier alpha value is -0.490. The van der Waals surface area contributed by atoms with E-state index >= 15 is 0 Å². The van der Waals surface area contributed by atoms with Crippen molar-refractivity contribution < 1.29 is 14.6 Å². The van der Waals surface area contributed by atoms with Crippen LogP contribution >= 0.6 is 15.9 Å². The number of halogens is 2. The third-order valence-corrected chi connectivity index (χ3v) is 4.00. The number of rotatable bonds is 2. The normalized spacial score (nSPS) is 33.0. The van der Waals surface area contributed by atoms with Crippen molar-refractivity contribution in [3.63, 3.8) is 0 Å². The zero-order chi connectivity index (χ0) is 12.6. The number of hydrogen-bond acceptors (Lipinski definition) is 3. The highest BCUT2D eigenvalue weighted by Crippen LogP contribution is 2.42. The van der Waals surface area contributed by atoms with Crippen molar-refractivity contribution >= 4 is 15.9 Å². The average molecular weight is 304 g/mol. The highest BCUT2D eigenvalue weighted by molar-refractivity contribution is 9.10. The molecular formula is C12H15BrFNO2. The fourth-order valence-corrected chi connectivity index (χ4v) is 2.96. The highest BCUT2D eigenvalue weighted by Gasteiger charge is 2.46. The van der Waals surface area contributed by atoms with Crippen molar-refractivity contribution in [1.82, 2.24) is 0 Å². The Balaban J connectivity index is 2.46. The summed E-state index contributed by atoms with van der Waals surface area (Å²) in [6.45, 7) is -0.153. The Morgan fingerprint density at radius 1 is 1.53 bits per heavy atom. The number of nitrogens with two attached hydrogens (primary N) is 1. The Kier molecular flexibility index (Phi) is 3.54. The summed E-state index contributed by atoms with van der Waals surface area (Å²) in [6, 6.07) is 4.56. The van der Waals surface area contributed by atoms with Crippen LogP contribution in [0.5, 0.6) is 0 Å². The van der Waals surface area contributed by atoms with Gasteiger partial charge >= 0.3 is 0 Å².